The highest BCUT2D eigenvalue weighted by Gasteiger charge is 2.35. The van der Waals surface area contributed by atoms with Crippen molar-refractivity contribution in [3.63, 3.8) is 0 Å². The molecule has 0 spiro atoms. The van der Waals surface area contributed by atoms with Gasteiger partial charge in [-0.3, -0.25) is 8.78 Å². The van der Waals surface area contributed by atoms with E-state index in [1.54, 1.807) is 12.1 Å². The largest absolute Gasteiger partial charge is 0.494 e. The maximum Gasteiger partial charge on any atom is 0.426 e. The lowest BCUT2D eigenvalue weighted by Crippen LogP contribution is -2.21. The predicted molar refractivity (Wildman–Crippen MR) is 225 cm³/mol. The van der Waals surface area contributed by atoms with E-state index in [4.69, 9.17) is 39.9 Å². The van der Waals surface area contributed by atoms with Gasteiger partial charge in [-0.2, -0.15) is 17.6 Å². The number of alkyl halides is 6. The molecule has 16 heteroatoms. The van der Waals surface area contributed by atoms with Crippen molar-refractivity contribution in [2.75, 3.05) is 51.2 Å². The van der Waals surface area contributed by atoms with Crippen molar-refractivity contribution in [1.82, 2.24) is 0 Å². The summed E-state index contributed by atoms with van der Waals surface area (Å²) >= 11 is 0. The summed E-state index contributed by atoms with van der Waals surface area (Å²) in [7, 11) is 0. The number of ether oxygens (including phenoxy) is 6. The van der Waals surface area contributed by atoms with Gasteiger partial charge in [0.05, 0.1) is 43.6 Å². The zero-order valence-electron chi connectivity index (χ0n) is 33.7. The summed E-state index contributed by atoms with van der Waals surface area (Å²) in [4.78, 5) is 25.5. The minimum Gasteiger partial charge on any atom is -0.494 e. The van der Waals surface area contributed by atoms with Crippen molar-refractivity contribution < 1.29 is 64.4 Å². The average molecular weight is 879 g/mol. The van der Waals surface area contributed by atoms with E-state index in [1.807, 2.05) is 0 Å². The summed E-state index contributed by atoms with van der Waals surface area (Å²) in [6.07, 6.45) is -1.91. The van der Waals surface area contributed by atoms with Gasteiger partial charge in [0.15, 0.2) is 0 Å². The van der Waals surface area contributed by atoms with Crippen LogP contribution in [0.1, 0.15) is 46.6 Å². The Morgan fingerprint density at radius 1 is 0.556 bits per heavy atom. The molecule has 0 aliphatic carbocycles. The molecule has 0 aliphatic rings. The van der Waals surface area contributed by atoms with Crippen molar-refractivity contribution in [3.8, 4) is 23.0 Å². The Morgan fingerprint density at radius 2 is 0.952 bits per heavy atom. The van der Waals surface area contributed by atoms with E-state index in [2.05, 4.69) is 0 Å². The van der Waals surface area contributed by atoms with Gasteiger partial charge < -0.3 is 39.9 Å². The number of benzene rings is 5. The van der Waals surface area contributed by atoms with Crippen LogP contribution < -0.4 is 30.4 Å². The second kappa shape index (κ2) is 22.7. The van der Waals surface area contributed by atoms with E-state index >= 15 is 0 Å². The first-order chi connectivity index (χ1) is 30.2. The van der Waals surface area contributed by atoms with E-state index in [1.165, 1.54) is 91.0 Å². The van der Waals surface area contributed by atoms with Gasteiger partial charge in [-0.05, 0) is 114 Å². The Bertz CT molecular complexity index is 2150. The van der Waals surface area contributed by atoms with Gasteiger partial charge in [0, 0.05) is 36.4 Å². The molecule has 0 amide bonds. The first kappa shape index (κ1) is 47.0. The highest BCUT2D eigenvalue weighted by molar-refractivity contribution is 5.87. The van der Waals surface area contributed by atoms with E-state index < -0.39 is 54.5 Å². The summed E-state index contributed by atoms with van der Waals surface area (Å²) < 4.78 is 115. The molecule has 63 heavy (non-hydrogen) atoms. The van der Waals surface area contributed by atoms with Crippen molar-refractivity contribution in [2.24, 2.45) is 0 Å². The van der Waals surface area contributed by atoms with Crippen LogP contribution in [0.3, 0.4) is 0 Å². The lowest BCUT2D eigenvalue weighted by atomic mass is 9.98. The molecule has 0 radical (unpaired) electrons. The topological polar surface area (TPSA) is 142 Å². The summed E-state index contributed by atoms with van der Waals surface area (Å²) in [5, 5.41) is 0. The van der Waals surface area contributed by atoms with Crippen molar-refractivity contribution in [3.05, 3.63) is 155 Å². The number of nitrogens with two attached hydrogens (primary N) is 2. The fourth-order valence-corrected chi connectivity index (χ4v) is 5.67. The monoisotopic (exact) mass is 878 g/mol. The minimum atomic E-state index is -3.67. The number of carbonyl (C=O) groups is 2. The Hall–Kier alpha value is -7.10. The Kier molecular flexibility index (Phi) is 16.9. The van der Waals surface area contributed by atoms with E-state index in [0.29, 0.717) is 33.9 Å². The van der Waals surface area contributed by atoms with E-state index in [-0.39, 0.29) is 56.5 Å². The van der Waals surface area contributed by atoms with Crippen LogP contribution in [0.5, 0.6) is 23.0 Å². The Labute approximate surface area is 359 Å². The number of hydrogen-bond acceptors (Lipinski definition) is 10. The quantitative estimate of drug-likeness (QED) is 0.0214. The summed E-state index contributed by atoms with van der Waals surface area (Å²) in [6, 6.07) is 25.7. The lowest BCUT2D eigenvalue weighted by Gasteiger charge is -2.19. The first-order valence-electron chi connectivity index (χ1n) is 19.5. The van der Waals surface area contributed by atoms with E-state index in [0.717, 1.165) is 36.4 Å². The predicted octanol–water partition coefficient (Wildman–Crippen LogP) is 10.2. The number of rotatable bonds is 23. The molecule has 5 rings (SSSR count). The Balaban J connectivity index is 1.12. The van der Waals surface area contributed by atoms with Crippen LogP contribution in [-0.4, -0.2) is 51.7 Å². The summed E-state index contributed by atoms with van der Waals surface area (Å²) in [5.74, 6) is -1.87. The van der Waals surface area contributed by atoms with Crippen molar-refractivity contribution in [2.45, 2.75) is 31.0 Å². The Morgan fingerprint density at radius 3 is 1.33 bits per heavy atom. The second-order valence-electron chi connectivity index (χ2n) is 13.7. The van der Waals surface area contributed by atoms with Crippen LogP contribution >= 0.6 is 0 Å². The van der Waals surface area contributed by atoms with Crippen LogP contribution in [0.25, 0.3) is 12.2 Å². The van der Waals surface area contributed by atoms with Gasteiger partial charge in [-0.1, -0.05) is 30.3 Å². The molecule has 0 aliphatic heterocycles. The standard InChI is InChI=1S/C47H44F6N2O8/c48-25-1-27-58-38-18-9-35(10-19-38)46(50,51)62-40-14-3-32(4-15-40)7-23-44(56)60-30-34(42-22-13-37(54)29-43(42)55)31-61-45(57)24-8-33-5-16-41(17-6-33)63-47(52,53)36-11-20-39(21-12-36)59-28-2-26-49/h3-24,29,34H,1-2,25-28,30-31,54-55H2/b23-7+,24-8+. The summed E-state index contributed by atoms with van der Waals surface area (Å²) in [6.45, 7) is -1.38. The smallest absolute Gasteiger partial charge is 0.426 e. The third-order valence-electron chi connectivity index (χ3n) is 8.95. The molecule has 0 saturated heterocycles. The molecule has 4 N–H and O–H groups in total. The number of anilines is 2. The molecular formula is C47H44F6N2O8. The maximum absolute atomic E-state index is 14.8. The number of carbonyl (C=O) groups excluding carboxylic acids is 2. The minimum absolute atomic E-state index is 0.120. The molecule has 0 fully saturated rings. The molecule has 5 aromatic carbocycles. The summed E-state index contributed by atoms with van der Waals surface area (Å²) in [5.41, 5.74) is 13.3. The number of nitrogen functional groups attached to an aromatic ring is 2. The normalized spacial score (nSPS) is 11.8. The fraction of sp³-hybridized carbons (Fsp3) is 0.234. The molecule has 0 atom stereocenters. The van der Waals surface area contributed by atoms with Crippen molar-refractivity contribution >= 4 is 35.5 Å². The van der Waals surface area contributed by atoms with Gasteiger partial charge in [-0.15, -0.1) is 0 Å². The highest BCUT2D eigenvalue weighted by atomic mass is 19.3. The van der Waals surface area contributed by atoms with Crippen LogP contribution in [0.15, 0.2) is 127 Å². The van der Waals surface area contributed by atoms with Crippen LogP contribution in [0, 0.1) is 0 Å². The molecule has 0 bridgehead atoms. The SMILES string of the molecule is Nc1ccc(C(COC(=O)/C=C/c2ccc(OC(F)(F)c3ccc(OCCCF)cc3)cc2)COC(=O)/C=C/c2ccc(OC(F)(F)c3ccc(OCCCF)cc3)cc2)c(N)c1. The van der Waals surface area contributed by atoms with Gasteiger partial charge in [0.2, 0.25) is 0 Å². The van der Waals surface area contributed by atoms with Crippen molar-refractivity contribution in [1.29, 1.82) is 0 Å². The van der Waals surface area contributed by atoms with Crippen LogP contribution in [-0.2, 0) is 31.3 Å². The average Bonchev–Trinajstić information content (AvgIpc) is 3.26. The zero-order chi connectivity index (χ0) is 45.2. The highest BCUT2D eigenvalue weighted by Crippen LogP contribution is 2.34. The fourth-order valence-electron chi connectivity index (χ4n) is 5.67. The molecule has 10 nitrogen and oxygen atoms in total. The zero-order valence-corrected chi connectivity index (χ0v) is 33.7. The molecule has 0 unspecified atom stereocenters. The third-order valence-corrected chi connectivity index (χ3v) is 8.95. The molecular weight excluding hydrogens is 835 g/mol. The maximum atomic E-state index is 14.8. The number of esters is 2. The van der Waals surface area contributed by atoms with Gasteiger partial charge in [-0.25, -0.2) is 9.59 Å². The molecule has 0 heterocycles. The first-order valence-corrected chi connectivity index (χ1v) is 19.5. The molecule has 0 saturated carbocycles. The van der Waals surface area contributed by atoms with Crippen LogP contribution in [0.2, 0.25) is 0 Å². The molecule has 5 aromatic rings. The van der Waals surface area contributed by atoms with E-state index in [9.17, 15) is 35.9 Å². The van der Waals surface area contributed by atoms with Gasteiger partial charge in [0.1, 0.15) is 36.2 Å². The van der Waals surface area contributed by atoms with Gasteiger partial charge >= 0.3 is 24.2 Å². The molecule has 332 valence electrons. The van der Waals surface area contributed by atoms with Gasteiger partial charge in [0.25, 0.3) is 0 Å². The second-order valence-corrected chi connectivity index (χ2v) is 13.7. The molecule has 0 aromatic heterocycles. The number of halogens is 6. The third kappa shape index (κ3) is 14.8. The van der Waals surface area contributed by atoms with Crippen LogP contribution in [0.4, 0.5) is 37.7 Å². The lowest BCUT2D eigenvalue weighted by molar-refractivity contribution is -0.186. The number of hydrogen-bond donors (Lipinski definition) is 2.